The second-order valence-corrected chi connectivity index (χ2v) is 5.89. The van der Waals surface area contributed by atoms with E-state index >= 15 is 0 Å². The summed E-state index contributed by atoms with van der Waals surface area (Å²) in [6.45, 7) is 7.01. The fourth-order valence-corrected chi connectivity index (χ4v) is 2.06. The lowest BCUT2D eigenvalue weighted by Crippen LogP contribution is -2.36. The van der Waals surface area contributed by atoms with Crippen molar-refractivity contribution in [3.63, 3.8) is 0 Å². The van der Waals surface area contributed by atoms with Gasteiger partial charge in [0.2, 0.25) is 5.91 Å². The maximum Gasteiger partial charge on any atom is 0.231 e. The number of anilines is 2. The lowest BCUT2D eigenvalue weighted by Gasteiger charge is -2.29. The first-order chi connectivity index (χ1) is 9.53. The number of carbonyl (C=O) groups excluding carboxylic acids is 1. The second kappa shape index (κ2) is 6.46. The van der Waals surface area contributed by atoms with Crippen LogP contribution in [0.3, 0.4) is 0 Å². The molecule has 0 saturated carbocycles. The molecule has 0 bridgehead atoms. The Morgan fingerprint density at radius 2 is 1.90 bits per heavy atom. The van der Waals surface area contributed by atoms with Gasteiger partial charge in [-0.05, 0) is 38.1 Å². The molecule has 2 rings (SSSR count). The van der Waals surface area contributed by atoms with Gasteiger partial charge in [0.1, 0.15) is 0 Å². The Bertz CT molecular complexity index is 453. The van der Waals surface area contributed by atoms with Crippen LogP contribution in [-0.2, 0) is 9.53 Å². The summed E-state index contributed by atoms with van der Waals surface area (Å²) in [6, 6.07) is 7.89. The van der Waals surface area contributed by atoms with Gasteiger partial charge in [0.15, 0.2) is 0 Å². The number of carbonyl (C=O) groups is 1. The molecule has 1 aromatic carbocycles. The van der Waals surface area contributed by atoms with Gasteiger partial charge in [-0.25, -0.2) is 0 Å². The molecule has 0 aromatic heterocycles. The number of halogens is 1. The summed E-state index contributed by atoms with van der Waals surface area (Å²) in [5, 5.41) is 2.90. The standard InChI is InChI=1S/C15H21ClN2O2/c1-15(2,11-16)14(19)17-12-3-5-13(6-4-12)18-7-9-20-10-8-18/h3-6H,7-11H2,1-2H3,(H,17,19). The Morgan fingerprint density at radius 3 is 2.45 bits per heavy atom. The third kappa shape index (κ3) is 3.64. The van der Waals surface area contributed by atoms with Crippen molar-refractivity contribution in [2.75, 3.05) is 42.4 Å². The van der Waals surface area contributed by atoms with Gasteiger partial charge in [-0.15, -0.1) is 11.6 Å². The molecule has 1 N–H and O–H groups in total. The molecule has 4 nitrogen and oxygen atoms in total. The van der Waals surface area contributed by atoms with Crippen LogP contribution in [0.2, 0.25) is 0 Å². The van der Waals surface area contributed by atoms with Gasteiger partial charge in [-0.3, -0.25) is 4.79 Å². The molecule has 1 aliphatic heterocycles. The Kier molecular flexibility index (Phi) is 4.89. The molecule has 110 valence electrons. The maximum absolute atomic E-state index is 12.0. The molecule has 0 unspecified atom stereocenters. The Morgan fingerprint density at radius 1 is 1.30 bits per heavy atom. The number of benzene rings is 1. The first kappa shape index (κ1) is 15.1. The summed E-state index contributed by atoms with van der Waals surface area (Å²) in [4.78, 5) is 14.3. The van der Waals surface area contributed by atoms with Crippen molar-refractivity contribution in [1.82, 2.24) is 0 Å². The van der Waals surface area contributed by atoms with Gasteiger partial charge in [0, 0.05) is 30.3 Å². The number of amides is 1. The Hall–Kier alpha value is -1.26. The van der Waals surface area contributed by atoms with E-state index in [0.717, 1.165) is 37.7 Å². The van der Waals surface area contributed by atoms with E-state index in [2.05, 4.69) is 10.2 Å². The summed E-state index contributed by atoms with van der Waals surface area (Å²) in [5.41, 5.74) is 1.39. The predicted molar refractivity (Wildman–Crippen MR) is 82.6 cm³/mol. The number of ether oxygens (including phenoxy) is 1. The zero-order chi connectivity index (χ0) is 14.6. The molecule has 1 heterocycles. The van der Waals surface area contributed by atoms with Crippen molar-refractivity contribution < 1.29 is 9.53 Å². The van der Waals surface area contributed by atoms with E-state index in [1.165, 1.54) is 0 Å². The summed E-state index contributed by atoms with van der Waals surface area (Å²) in [7, 11) is 0. The maximum atomic E-state index is 12.0. The number of nitrogens with zero attached hydrogens (tertiary/aromatic N) is 1. The predicted octanol–water partition coefficient (Wildman–Crippen LogP) is 2.73. The number of alkyl halides is 1. The minimum absolute atomic E-state index is 0.0633. The first-order valence-electron chi connectivity index (χ1n) is 6.83. The van der Waals surface area contributed by atoms with E-state index < -0.39 is 5.41 Å². The van der Waals surface area contributed by atoms with E-state index in [9.17, 15) is 4.79 Å². The van der Waals surface area contributed by atoms with Crippen LogP contribution in [0.5, 0.6) is 0 Å². The number of rotatable bonds is 4. The lowest BCUT2D eigenvalue weighted by atomic mass is 9.95. The third-order valence-electron chi connectivity index (χ3n) is 3.45. The molecule has 0 atom stereocenters. The van der Waals surface area contributed by atoms with Crippen molar-refractivity contribution in [3.8, 4) is 0 Å². The quantitative estimate of drug-likeness (QED) is 0.869. The van der Waals surface area contributed by atoms with Crippen molar-refractivity contribution in [2.45, 2.75) is 13.8 Å². The highest BCUT2D eigenvalue weighted by Crippen LogP contribution is 2.22. The molecule has 5 heteroatoms. The third-order valence-corrected chi connectivity index (χ3v) is 4.12. The minimum atomic E-state index is -0.565. The highest BCUT2D eigenvalue weighted by molar-refractivity contribution is 6.20. The molecule has 0 aliphatic carbocycles. The number of hydrogen-bond donors (Lipinski definition) is 1. The van der Waals surface area contributed by atoms with E-state index in [1.807, 2.05) is 38.1 Å². The van der Waals surface area contributed by atoms with Crippen LogP contribution in [0.1, 0.15) is 13.8 Å². The van der Waals surface area contributed by atoms with Crippen LogP contribution in [0, 0.1) is 5.41 Å². The van der Waals surface area contributed by atoms with E-state index in [1.54, 1.807) is 0 Å². The molecule has 1 aromatic rings. The number of hydrogen-bond acceptors (Lipinski definition) is 3. The lowest BCUT2D eigenvalue weighted by molar-refractivity contribution is -0.122. The normalized spacial score (nSPS) is 16.1. The fraction of sp³-hybridized carbons (Fsp3) is 0.533. The fourth-order valence-electron chi connectivity index (χ4n) is 1.94. The zero-order valence-corrected chi connectivity index (χ0v) is 12.7. The van der Waals surface area contributed by atoms with Crippen molar-refractivity contribution in [2.24, 2.45) is 5.41 Å². The van der Waals surface area contributed by atoms with Gasteiger partial charge < -0.3 is 15.0 Å². The van der Waals surface area contributed by atoms with Crippen LogP contribution in [-0.4, -0.2) is 38.1 Å². The van der Waals surface area contributed by atoms with Gasteiger partial charge in [0.05, 0.1) is 18.6 Å². The molecule has 1 amide bonds. The molecular weight excluding hydrogens is 276 g/mol. The Labute approximate surface area is 125 Å². The van der Waals surface area contributed by atoms with Gasteiger partial charge in [0.25, 0.3) is 0 Å². The van der Waals surface area contributed by atoms with Crippen LogP contribution in [0.15, 0.2) is 24.3 Å². The van der Waals surface area contributed by atoms with Crippen molar-refractivity contribution >= 4 is 28.9 Å². The topological polar surface area (TPSA) is 41.6 Å². The summed E-state index contributed by atoms with van der Waals surface area (Å²) >= 11 is 5.80. The van der Waals surface area contributed by atoms with Gasteiger partial charge in [-0.2, -0.15) is 0 Å². The van der Waals surface area contributed by atoms with Crippen LogP contribution in [0.25, 0.3) is 0 Å². The molecular formula is C15H21ClN2O2. The summed E-state index contributed by atoms with van der Waals surface area (Å²) in [6.07, 6.45) is 0. The summed E-state index contributed by atoms with van der Waals surface area (Å²) in [5.74, 6) is 0.233. The largest absolute Gasteiger partial charge is 0.378 e. The number of nitrogens with one attached hydrogen (secondary N) is 1. The molecule has 20 heavy (non-hydrogen) atoms. The van der Waals surface area contributed by atoms with Gasteiger partial charge >= 0.3 is 0 Å². The van der Waals surface area contributed by atoms with E-state index in [4.69, 9.17) is 16.3 Å². The van der Waals surface area contributed by atoms with Gasteiger partial charge in [-0.1, -0.05) is 0 Å². The van der Waals surface area contributed by atoms with Crippen LogP contribution < -0.4 is 10.2 Å². The molecule has 1 saturated heterocycles. The second-order valence-electron chi connectivity index (χ2n) is 5.62. The minimum Gasteiger partial charge on any atom is -0.378 e. The molecule has 0 radical (unpaired) electrons. The van der Waals surface area contributed by atoms with E-state index in [-0.39, 0.29) is 5.91 Å². The van der Waals surface area contributed by atoms with Crippen molar-refractivity contribution in [3.05, 3.63) is 24.3 Å². The smallest absolute Gasteiger partial charge is 0.231 e. The van der Waals surface area contributed by atoms with Crippen molar-refractivity contribution in [1.29, 1.82) is 0 Å². The molecule has 0 spiro atoms. The Balaban J connectivity index is 1.99. The average Bonchev–Trinajstić information content (AvgIpc) is 2.49. The highest BCUT2D eigenvalue weighted by atomic mass is 35.5. The monoisotopic (exact) mass is 296 g/mol. The average molecular weight is 297 g/mol. The van der Waals surface area contributed by atoms with Crippen LogP contribution >= 0.6 is 11.6 Å². The van der Waals surface area contributed by atoms with E-state index in [0.29, 0.717) is 5.88 Å². The first-order valence-corrected chi connectivity index (χ1v) is 7.36. The van der Waals surface area contributed by atoms with Crippen LogP contribution in [0.4, 0.5) is 11.4 Å². The SMILES string of the molecule is CC(C)(CCl)C(=O)Nc1ccc(N2CCOCC2)cc1. The number of morpholine rings is 1. The molecule has 1 aliphatic rings. The molecule has 1 fully saturated rings. The highest BCUT2D eigenvalue weighted by Gasteiger charge is 2.26. The summed E-state index contributed by atoms with van der Waals surface area (Å²) < 4.78 is 5.34. The zero-order valence-electron chi connectivity index (χ0n) is 12.0.